The minimum Gasteiger partial charge on any atom is -0.365 e. The van der Waals surface area contributed by atoms with Crippen LogP contribution >= 0.6 is 0 Å². The lowest BCUT2D eigenvalue weighted by Gasteiger charge is -2.25. The minimum absolute atomic E-state index is 0.0150. The molecule has 14 heavy (non-hydrogen) atoms. The third kappa shape index (κ3) is 2.74. The van der Waals surface area contributed by atoms with Gasteiger partial charge in [0.2, 0.25) is 0 Å². The summed E-state index contributed by atoms with van der Waals surface area (Å²) in [5.74, 6) is 0.760. The average molecular weight is 189 g/mol. The number of rotatable bonds is 3. The molecule has 0 aliphatic rings. The first-order valence-electron chi connectivity index (χ1n) is 4.72. The number of anilines is 1. The molecule has 1 N–H and O–H groups in total. The molecule has 0 unspecified atom stereocenters. The summed E-state index contributed by atoms with van der Waals surface area (Å²) in [6.45, 7) is 6.32. The Bertz CT molecular complexity index is 350. The number of nitrogens with one attached hydrogen (secondary N) is 1. The number of hydrogen-bond donors (Lipinski definition) is 1. The molecule has 0 aliphatic carbocycles. The number of nitriles is 1. The van der Waals surface area contributed by atoms with Gasteiger partial charge < -0.3 is 5.32 Å². The average Bonchev–Trinajstić information content (AvgIpc) is 2.17. The molecule has 0 radical (unpaired) electrons. The molecular formula is C11H15N3. The normalized spacial score (nSPS) is 10.7. The van der Waals surface area contributed by atoms with Crippen LogP contribution in [0.25, 0.3) is 0 Å². The number of pyridine rings is 1. The molecule has 0 bridgehead atoms. The molecule has 1 aromatic heterocycles. The van der Waals surface area contributed by atoms with Crippen molar-refractivity contribution in [2.75, 3.05) is 5.32 Å². The molecular weight excluding hydrogens is 174 g/mol. The summed E-state index contributed by atoms with van der Waals surface area (Å²) in [5.41, 5.74) is 0.649. The van der Waals surface area contributed by atoms with Crippen LogP contribution in [0.1, 0.15) is 32.8 Å². The summed E-state index contributed by atoms with van der Waals surface area (Å²) in [6.07, 6.45) is 2.65. The molecule has 0 spiro atoms. The molecule has 1 rings (SSSR count). The fourth-order valence-corrected chi connectivity index (χ4v) is 1.00. The van der Waals surface area contributed by atoms with Crippen molar-refractivity contribution in [1.82, 2.24) is 4.98 Å². The standard InChI is InChI=1S/C11H15N3/c1-4-11(2,3)14-10-7-9(8-12)5-6-13-10/h5-7H,4H2,1-3H3,(H,13,14). The van der Waals surface area contributed by atoms with Crippen molar-refractivity contribution in [3.05, 3.63) is 23.9 Å². The van der Waals surface area contributed by atoms with Crippen LogP contribution in [0, 0.1) is 11.3 Å². The maximum absolute atomic E-state index is 8.71. The Morgan fingerprint density at radius 1 is 1.57 bits per heavy atom. The van der Waals surface area contributed by atoms with Crippen molar-refractivity contribution in [3.8, 4) is 6.07 Å². The van der Waals surface area contributed by atoms with E-state index >= 15 is 0 Å². The number of nitrogens with zero attached hydrogens (tertiary/aromatic N) is 2. The second kappa shape index (κ2) is 4.10. The summed E-state index contributed by atoms with van der Waals surface area (Å²) >= 11 is 0. The molecule has 1 aromatic rings. The lowest BCUT2D eigenvalue weighted by atomic mass is 10.0. The van der Waals surface area contributed by atoms with Crippen molar-refractivity contribution < 1.29 is 0 Å². The Hall–Kier alpha value is -1.56. The maximum Gasteiger partial charge on any atom is 0.127 e. The summed E-state index contributed by atoms with van der Waals surface area (Å²) in [5, 5.41) is 12.0. The van der Waals surface area contributed by atoms with Gasteiger partial charge in [0, 0.05) is 11.7 Å². The van der Waals surface area contributed by atoms with Crippen LogP contribution in [0.2, 0.25) is 0 Å². The highest BCUT2D eigenvalue weighted by Crippen LogP contribution is 2.16. The first-order valence-corrected chi connectivity index (χ1v) is 4.72. The van der Waals surface area contributed by atoms with Crippen molar-refractivity contribution in [2.45, 2.75) is 32.7 Å². The van der Waals surface area contributed by atoms with E-state index in [9.17, 15) is 0 Å². The lowest BCUT2D eigenvalue weighted by Crippen LogP contribution is -2.30. The molecule has 3 nitrogen and oxygen atoms in total. The Morgan fingerprint density at radius 2 is 2.29 bits per heavy atom. The fourth-order valence-electron chi connectivity index (χ4n) is 1.00. The second-order valence-corrected chi connectivity index (χ2v) is 3.90. The molecule has 0 fully saturated rings. The summed E-state index contributed by atoms with van der Waals surface area (Å²) < 4.78 is 0. The number of aromatic nitrogens is 1. The highest BCUT2D eigenvalue weighted by atomic mass is 15.0. The topological polar surface area (TPSA) is 48.7 Å². The zero-order chi connectivity index (χ0) is 10.6. The van der Waals surface area contributed by atoms with Crippen molar-refractivity contribution in [3.63, 3.8) is 0 Å². The van der Waals surface area contributed by atoms with Crippen LogP contribution in [0.3, 0.4) is 0 Å². The van der Waals surface area contributed by atoms with E-state index in [1.54, 1.807) is 18.3 Å². The summed E-state index contributed by atoms with van der Waals surface area (Å²) in [4.78, 5) is 4.16. The van der Waals surface area contributed by atoms with Gasteiger partial charge in [0.05, 0.1) is 11.6 Å². The van der Waals surface area contributed by atoms with Gasteiger partial charge in [0.1, 0.15) is 5.82 Å². The van der Waals surface area contributed by atoms with Gasteiger partial charge >= 0.3 is 0 Å². The zero-order valence-electron chi connectivity index (χ0n) is 8.83. The van der Waals surface area contributed by atoms with Crippen LogP contribution in [0.4, 0.5) is 5.82 Å². The third-order valence-electron chi connectivity index (χ3n) is 2.24. The smallest absolute Gasteiger partial charge is 0.127 e. The highest BCUT2D eigenvalue weighted by molar-refractivity contribution is 5.43. The first kappa shape index (κ1) is 10.5. The predicted molar refractivity (Wildman–Crippen MR) is 56.9 cm³/mol. The Labute approximate surface area is 84.8 Å². The Morgan fingerprint density at radius 3 is 2.86 bits per heavy atom. The van der Waals surface area contributed by atoms with E-state index in [-0.39, 0.29) is 5.54 Å². The zero-order valence-corrected chi connectivity index (χ0v) is 8.83. The monoisotopic (exact) mass is 189 g/mol. The second-order valence-electron chi connectivity index (χ2n) is 3.90. The van der Waals surface area contributed by atoms with Gasteiger partial charge in [-0.3, -0.25) is 0 Å². The maximum atomic E-state index is 8.71. The van der Waals surface area contributed by atoms with E-state index in [1.807, 2.05) is 0 Å². The molecule has 74 valence electrons. The molecule has 0 saturated heterocycles. The van der Waals surface area contributed by atoms with E-state index in [1.165, 1.54) is 0 Å². The molecule has 0 amide bonds. The van der Waals surface area contributed by atoms with Gasteiger partial charge in [-0.15, -0.1) is 0 Å². The van der Waals surface area contributed by atoms with E-state index < -0.39 is 0 Å². The van der Waals surface area contributed by atoms with E-state index in [0.29, 0.717) is 5.56 Å². The van der Waals surface area contributed by atoms with Crippen LogP contribution < -0.4 is 5.32 Å². The van der Waals surface area contributed by atoms with Crippen LogP contribution in [0.15, 0.2) is 18.3 Å². The Kier molecular flexibility index (Phi) is 3.08. The largest absolute Gasteiger partial charge is 0.365 e. The minimum atomic E-state index is 0.0150. The van der Waals surface area contributed by atoms with Crippen LogP contribution in [-0.2, 0) is 0 Å². The summed E-state index contributed by atoms with van der Waals surface area (Å²) in [6, 6.07) is 5.55. The quantitative estimate of drug-likeness (QED) is 0.794. The highest BCUT2D eigenvalue weighted by Gasteiger charge is 2.14. The molecule has 0 saturated carbocycles. The Balaban J connectivity index is 2.83. The number of hydrogen-bond acceptors (Lipinski definition) is 3. The van der Waals surface area contributed by atoms with E-state index in [4.69, 9.17) is 5.26 Å². The van der Waals surface area contributed by atoms with E-state index in [0.717, 1.165) is 12.2 Å². The third-order valence-corrected chi connectivity index (χ3v) is 2.24. The predicted octanol–water partition coefficient (Wildman–Crippen LogP) is 2.55. The molecule has 3 heteroatoms. The van der Waals surface area contributed by atoms with Gasteiger partial charge in [0.15, 0.2) is 0 Å². The van der Waals surface area contributed by atoms with Gasteiger partial charge in [-0.2, -0.15) is 5.26 Å². The van der Waals surface area contributed by atoms with Gasteiger partial charge in [-0.1, -0.05) is 6.92 Å². The molecule has 0 atom stereocenters. The van der Waals surface area contributed by atoms with Gasteiger partial charge in [0.25, 0.3) is 0 Å². The van der Waals surface area contributed by atoms with Crippen molar-refractivity contribution in [2.24, 2.45) is 0 Å². The lowest BCUT2D eigenvalue weighted by molar-refractivity contribution is 0.545. The van der Waals surface area contributed by atoms with E-state index in [2.05, 4.69) is 37.1 Å². The van der Waals surface area contributed by atoms with Crippen molar-refractivity contribution >= 4 is 5.82 Å². The van der Waals surface area contributed by atoms with Crippen LogP contribution in [0.5, 0.6) is 0 Å². The van der Waals surface area contributed by atoms with Gasteiger partial charge in [-0.25, -0.2) is 4.98 Å². The van der Waals surface area contributed by atoms with Crippen molar-refractivity contribution in [1.29, 1.82) is 5.26 Å². The fraction of sp³-hybridized carbons (Fsp3) is 0.455. The molecule has 0 aliphatic heterocycles. The van der Waals surface area contributed by atoms with Crippen LogP contribution in [-0.4, -0.2) is 10.5 Å². The summed E-state index contributed by atoms with van der Waals surface area (Å²) in [7, 11) is 0. The van der Waals surface area contributed by atoms with Gasteiger partial charge in [-0.05, 0) is 32.4 Å². The molecule has 0 aromatic carbocycles. The SMILES string of the molecule is CCC(C)(C)Nc1cc(C#N)ccn1. The first-order chi connectivity index (χ1) is 6.57. The molecule has 1 heterocycles.